The first-order valence-electron chi connectivity index (χ1n) is 6.23. The second kappa shape index (κ2) is 4.85. The average Bonchev–Trinajstić information content (AvgIpc) is 2.74. The summed E-state index contributed by atoms with van der Waals surface area (Å²) in [7, 11) is 1.88. The fourth-order valence-corrected chi connectivity index (χ4v) is 2.11. The van der Waals surface area contributed by atoms with Crippen LogP contribution in [-0.2, 0) is 13.7 Å². The van der Waals surface area contributed by atoms with Crippen LogP contribution in [-0.4, -0.2) is 9.55 Å². The van der Waals surface area contributed by atoms with Crippen molar-refractivity contribution in [2.24, 2.45) is 7.05 Å². The van der Waals surface area contributed by atoms with Crippen LogP contribution in [0.5, 0.6) is 5.75 Å². The summed E-state index contributed by atoms with van der Waals surface area (Å²) in [5.41, 5.74) is 7.88. The van der Waals surface area contributed by atoms with Crippen molar-refractivity contribution in [2.75, 3.05) is 5.73 Å². The predicted molar refractivity (Wildman–Crippen MR) is 75.9 cm³/mol. The lowest BCUT2D eigenvalue weighted by Crippen LogP contribution is -2.04. The molecule has 2 N–H and O–H groups in total. The summed E-state index contributed by atoms with van der Waals surface area (Å²) in [6.07, 6.45) is 0. The van der Waals surface area contributed by atoms with E-state index >= 15 is 0 Å². The molecule has 0 fully saturated rings. The van der Waals surface area contributed by atoms with Crippen molar-refractivity contribution in [1.82, 2.24) is 9.55 Å². The fourth-order valence-electron chi connectivity index (χ4n) is 2.11. The molecule has 3 aromatic rings. The van der Waals surface area contributed by atoms with E-state index in [1.54, 1.807) is 18.2 Å². The molecular formula is C15H14FN3O. The number of hydrogen-bond acceptors (Lipinski definition) is 3. The van der Waals surface area contributed by atoms with Gasteiger partial charge in [-0.3, -0.25) is 0 Å². The maximum Gasteiger partial charge on any atom is 0.147 e. The van der Waals surface area contributed by atoms with Crippen LogP contribution in [0.4, 0.5) is 10.1 Å². The van der Waals surface area contributed by atoms with Gasteiger partial charge in [-0.25, -0.2) is 9.37 Å². The van der Waals surface area contributed by atoms with Gasteiger partial charge in [0.2, 0.25) is 0 Å². The molecule has 4 nitrogen and oxygen atoms in total. The zero-order chi connectivity index (χ0) is 14.1. The van der Waals surface area contributed by atoms with Gasteiger partial charge in [-0.05, 0) is 24.3 Å². The van der Waals surface area contributed by atoms with E-state index in [-0.39, 0.29) is 12.4 Å². The van der Waals surface area contributed by atoms with Gasteiger partial charge in [-0.1, -0.05) is 12.1 Å². The van der Waals surface area contributed by atoms with Crippen LogP contribution < -0.4 is 10.5 Å². The van der Waals surface area contributed by atoms with Gasteiger partial charge in [0, 0.05) is 13.1 Å². The van der Waals surface area contributed by atoms with Crippen LogP contribution in [0.15, 0.2) is 42.5 Å². The SMILES string of the molecule is Cn1c(COc2ccccc2N)nc2cc(F)ccc21. The van der Waals surface area contributed by atoms with Crippen LogP contribution in [0, 0.1) is 5.82 Å². The Morgan fingerprint density at radius 2 is 2.05 bits per heavy atom. The standard InChI is InChI=1S/C15H14FN3O/c1-19-13-7-6-10(16)8-12(13)18-15(19)9-20-14-5-3-2-4-11(14)17/h2-8H,9,17H2,1H3. The molecule has 3 rings (SSSR count). The van der Waals surface area contributed by atoms with E-state index in [9.17, 15) is 4.39 Å². The minimum Gasteiger partial charge on any atom is -0.484 e. The summed E-state index contributed by atoms with van der Waals surface area (Å²) in [5.74, 6) is 1.04. The lowest BCUT2D eigenvalue weighted by molar-refractivity contribution is 0.294. The number of rotatable bonds is 3. The first-order valence-corrected chi connectivity index (χ1v) is 6.23. The number of para-hydroxylation sites is 2. The van der Waals surface area contributed by atoms with E-state index in [0.717, 1.165) is 5.52 Å². The van der Waals surface area contributed by atoms with Crippen molar-refractivity contribution < 1.29 is 9.13 Å². The molecule has 102 valence electrons. The zero-order valence-corrected chi connectivity index (χ0v) is 11.0. The third kappa shape index (κ3) is 2.18. The Morgan fingerprint density at radius 1 is 1.25 bits per heavy atom. The largest absolute Gasteiger partial charge is 0.484 e. The number of benzene rings is 2. The highest BCUT2D eigenvalue weighted by Crippen LogP contribution is 2.22. The number of nitrogens with zero attached hydrogens (tertiary/aromatic N) is 2. The van der Waals surface area contributed by atoms with Gasteiger partial charge < -0.3 is 15.0 Å². The number of ether oxygens (including phenoxy) is 1. The van der Waals surface area contributed by atoms with Crippen LogP contribution in [0.2, 0.25) is 0 Å². The van der Waals surface area contributed by atoms with Gasteiger partial charge in [0.1, 0.15) is 24.0 Å². The molecule has 1 aromatic heterocycles. The van der Waals surface area contributed by atoms with Crippen LogP contribution in [0.3, 0.4) is 0 Å². The van der Waals surface area contributed by atoms with Gasteiger partial charge in [0.25, 0.3) is 0 Å². The summed E-state index contributed by atoms with van der Waals surface area (Å²) >= 11 is 0. The molecule has 20 heavy (non-hydrogen) atoms. The molecule has 0 aliphatic heterocycles. The lowest BCUT2D eigenvalue weighted by Gasteiger charge is -2.08. The molecule has 0 atom stereocenters. The number of aryl methyl sites for hydroxylation is 1. The van der Waals surface area contributed by atoms with Crippen molar-refractivity contribution in [1.29, 1.82) is 0 Å². The fraction of sp³-hybridized carbons (Fsp3) is 0.133. The molecule has 0 radical (unpaired) electrons. The molecule has 0 unspecified atom stereocenters. The molecule has 0 aliphatic carbocycles. The predicted octanol–water partition coefficient (Wildman–Crippen LogP) is 2.87. The Balaban J connectivity index is 1.88. The molecule has 2 aromatic carbocycles. The number of fused-ring (bicyclic) bond motifs is 1. The van der Waals surface area contributed by atoms with Crippen LogP contribution >= 0.6 is 0 Å². The maximum absolute atomic E-state index is 13.2. The minimum absolute atomic E-state index is 0.279. The second-order valence-electron chi connectivity index (χ2n) is 4.55. The van der Waals surface area contributed by atoms with Crippen molar-refractivity contribution in [3.8, 4) is 5.75 Å². The molecular weight excluding hydrogens is 257 g/mol. The van der Waals surface area contributed by atoms with E-state index in [4.69, 9.17) is 10.5 Å². The highest BCUT2D eigenvalue weighted by Gasteiger charge is 2.09. The van der Waals surface area contributed by atoms with Gasteiger partial charge in [-0.2, -0.15) is 0 Å². The Kier molecular flexibility index (Phi) is 3.02. The zero-order valence-electron chi connectivity index (χ0n) is 11.0. The van der Waals surface area contributed by atoms with E-state index in [1.165, 1.54) is 12.1 Å². The minimum atomic E-state index is -0.296. The van der Waals surface area contributed by atoms with E-state index in [1.807, 2.05) is 23.7 Å². The molecule has 0 aliphatic rings. The van der Waals surface area contributed by atoms with E-state index in [2.05, 4.69) is 4.98 Å². The third-order valence-electron chi connectivity index (χ3n) is 3.21. The van der Waals surface area contributed by atoms with Crippen LogP contribution in [0.1, 0.15) is 5.82 Å². The Labute approximate surface area is 115 Å². The Morgan fingerprint density at radius 3 is 2.85 bits per heavy atom. The number of hydrogen-bond donors (Lipinski definition) is 1. The lowest BCUT2D eigenvalue weighted by atomic mass is 10.3. The molecule has 0 bridgehead atoms. The summed E-state index contributed by atoms with van der Waals surface area (Å²) in [5, 5.41) is 0. The quantitative estimate of drug-likeness (QED) is 0.745. The van der Waals surface area contributed by atoms with E-state index < -0.39 is 0 Å². The molecule has 1 heterocycles. The van der Waals surface area contributed by atoms with Crippen molar-refractivity contribution in [3.05, 3.63) is 54.1 Å². The number of nitrogen functional groups attached to an aromatic ring is 1. The first kappa shape index (κ1) is 12.5. The topological polar surface area (TPSA) is 53.1 Å². The van der Waals surface area contributed by atoms with Crippen molar-refractivity contribution in [3.63, 3.8) is 0 Å². The Bertz CT molecular complexity index is 767. The summed E-state index contributed by atoms with van der Waals surface area (Å²) in [6, 6.07) is 11.8. The maximum atomic E-state index is 13.2. The number of aromatic nitrogens is 2. The second-order valence-corrected chi connectivity index (χ2v) is 4.55. The molecule has 0 saturated carbocycles. The van der Waals surface area contributed by atoms with Crippen LogP contribution in [0.25, 0.3) is 11.0 Å². The van der Waals surface area contributed by atoms with Gasteiger partial charge >= 0.3 is 0 Å². The number of nitrogens with two attached hydrogens (primary N) is 1. The molecule has 0 spiro atoms. The first-order chi connectivity index (χ1) is 9.65. The average molecular weight is 271 g/mol. The number of halogens is 1. The van der Waals surface area contributed by atoms with Gasteiger partial charge in [0.05, 0.1) is 16.7 Å². The normalized spacial score (nSPS) is 10.9. The highest BCUT2D eigenvalue weighted by atomic mass is 19.1. The van der Waals surface area contributed by atoms with Crippen molar-refractivity contribution in [2.45, 2.75) is 6.61 Å². The van der Waals surface area contributed by atoms with E-state index in [0.29, 0.717) is 22.8 Å². The van der Waals surface area contributed by atoms with Gasteiger partial charge in [0.15, 0.2) is 0 Å². The summed E-state index contributed by atoms with van der Waals surface area (Å²) in [4.78, 5) is 4.37. The highest BCUT2D eigenvalue weighted by molar-refractivity contribution is 5.75. The monoisotopic (exact) mass is 271 g/mol. The molecule has 5 heteroatoms. The number of imidazole rings is 1. The van der Waals surface area contributed by atoms with Gasteiger partial charge in [-0.15, -0.1) is 0 Å². The third-order valence-corrected chi connectivity index (χ3v) is 3.21. The molecule has 0 saturated heterocycles. The smallest absolute Gasteiger partial charge is 0.147 e. The van der Waals surface area contributed by atoms with Crippen molar-refractivity contribution >= 4 is 16.7 Å². The molecule has 0 amide bonds. The summed E-state index contributed by atoms with van der Waals surface area (Å²) in [6.45, 7) is 0.279. The Hall–Kier alpha value is -2.56. The number of anilines is 1. The summed E-state index contributed by atoms with van der Waals surface area (Å²) < 4.78 is 20.7.